The zero-order valence-corrected chi connectivity index (χ0v) is 13.7. The fourth-order valence-corrected chi connectivity index (χ4v) is 3.82. The smallest absolute Gasteiger partial charge is 0.308 e. The fraction of sp³-hybridized carbons (Fsp3) is 0.583. The quantitative estimate of drug-likeness (QED) is 0.777. The second-order valence-corrected chi connectivity index (χ2v) is 6.70. The molecule has 3 rings (SSSR count). The molecule has 0 atom stereocenters. The van der Waals surface area contributed by atoms with Crippen LogP contribution in [0.4, 0.5) is 0 Å². The highest BCUT2D eigenvalue weighted by atomic mass is 79.9. The summed E-state index contributed by atoms with van der Waals surface area (Å²) in [4.78, 5) is 29.2. The van der Waals surface area contributed by atoms with Gasteiger partial charge in [-0.1, -0.05) is 6.92 Å². The maximum atomic E-state index is 12.6. The van der Waals surface area contributed by atoms with Crippen molar-refractivity contribution in [3.05, 3.63) is 25.6 Å². The highest BCUT2D eigenvalue weighted by molar-refractivity contribution is 9.10. The summed E-state index contributed by atoms with van der Waals surface area (Å²) in [6.45, 7) is 2.38. The summed E-state index contributed by atoms with van der Waals surface area (Å²) in [5, 5.41) is 0. The Balaban J connectivity index is 2.40. The second-order valence-electron chi connectivity index (χ2n) is 4.91. The largest absolute Gasteiger partial charge is 0.332 e. The average Bonchev–Trinajstić information content (AvgIpc) is 2.69. The predicted octanol–water partition coefficient (Wildman–Crippen LogP) is 1.36. The molecule has 0 bridgehead atoms. The second kappa shape index (κ2) is 5.07. The van der Waals surface area contributed by atoms with Gasteiger partial charge < -0.3 is 4.57 Å². The summed E-state index contributed by atoms with van der Waals surface area (Å²) in [7, 11) is 1.66. The SMILES string of the molecule is CCCn1c(=O)c2c(nc(Br)n2C2CSC2)n(C)c1=O. The van der Waals surface area contributed by atoms with E-state index in [9.17, 15) is 9.59 Å². The highest BCUT2D eigenvalue weighted by Crippen LogP contribution is 2.33. The van der Waals surface area contributed by atoms with Gasteiger partial charge >= 0.3 is 5.69 Å². The zero-order chi connectivity index (χ0) is 14.4. The third-order valence-electron chi connectivity index (χ3n) is 3.57. The highest BCUT2D eigenvalue weighted by Gasteiger charge is 2.27. The molecule has 20 heavy (non-hydrogen) atoms. The van der Waals surface area contributed by atoms with Gasteiger partial charge in [0.25, 0.3) is 5.56 Å². The van der Waals surface area contributed by atoms with E-state index in [1.165, 1.54) is 9.13 Å². The van der Waals surface area contributed by atoms with Crippen LogP contribution in [0.5, 0.6) is 0 Å². The molecule has 6 nitrogen and oxygen atoms in total. The molecule has 2 aromatic heterocycles. The van der Waals surface area contributed by atoms with E-state index in [0.717, 1.165) is 17.9 Å². The van der Waals surface area contributed by atoms with Gasteiger partial charge in [-0.2, -0.15) is 11.8 Å². The molecule has 3 heterocycles. The minimum absolute atomic E-state index is 0.236. The number of halogens is 1. The molecule has 0 saturated carbocycles. The Morgan fingerprint density at radius 1 is 1.40 bits per heavy atom. The van der Waals surface area contributed by atoms with E-state index < -0.39 is 0 Å². The molecule has 1 aliphatic rings. The standard InChI is InChI=1S/C12H15BrN4O2S/c1-3-4-16-10(18)8-9(15(2)12(16)19)14-11(13)17(8)7-5-20-6-7/h7H,3-6H2,1-2H3. The van der Waals surface area contributed by atoms with Gasteiger partial charge in [0, 0.05) is 25.1 Å². The first-order valence-electron chi connectivity index (χ1n) is 6.51. The van der Waals surface area contributed by atoms with Crippen molar-refractivity contribution in [2.24, 2.45) is 7.05 Å². The van der Waals surface area contributed by atoms with Crippen LogP contribution >= 0.6 is 27.7 Å². The maximum Gasteiger partial charge on any atom is 0.332 e. The van der Waals surface area contributed by atoms with Crippen molar-refractivity contribution in [3.8, 4) is 0 Å². The van der Waals surface area contributed by atoms with E-state index in [1.807, 2.05) is 23.3 Å². The molecule has 1 aliphatic heterocycles. The van der Waals surface area contributed by atoms with Crippen LogP contribution in [-0.2, 0) is 13.6 Å². The summed E-state index contributed by atoms with van der Waals surface area (Å²) in [6, 6.07) is 0.277. The number of hydrogen-bond acceptors (Lipinski definition) is 4. The van der Waals surface area contributed by atoms with Crippen LogP contribution in [0.25, 0.3) is 11.2 Å². The summed E-state index contributed by atoms with van der Waals surface area (Å²) in [5.41, 5.74) is 0.443. The monoisotopic (exact) mass is 358 g/mol. The van der Waals surface area contributed by atoms with Gasteiger partial charge in [-0.15, -0.1) is 0 Å². The Morgan fingerprint density at radius 2 is 2.10 bits per heavy atom. The third kappa shape index (κ3) is 1.88. The lowest BCUT2D eigenvalue weighted by molar-refractivity contribution is 0.572. The first-order chi connectivity index (χ1) is 9.56. The number of nitrogens with zero attached hydrogens (tertiary/aromatic N) is 4. The van der Waals surface area contributed by atoms with Crippen molar-refractivity contribution < 1.29 is 0 Å². The Labute approximate surface area is 127 Å². The van der Waals surface area contributed by atoms with Crippen LogP contribution < -0.4 is 11.2 Å². The Hall–Kier alpha value is -1.02. The van der Waals surface area contributed by atoms with Crippen molar-refractivity contribution in [2.75, 3.05) is 11.5 Å². The normalized spacial score (nSPS) is 15.8. The number of thioether (sulfide) groups is 1. The first kappa shape index (κ1) is 13.9. The van der Waals surface area contributed by atoms with Crippen LogP contribution in [0.2, 0.25) is 0 Å². The maximum absolute atomic E-state index is 12.6. The summed E-state index contributed by atoms with van der Waals surface area (Å²) in [5.74, 6) is 1.94. The van der Waals surface area contributed by atoms with Gasteiger partial charge in [0.2, 0.25) is 0 Å². The van der Waals surface area contributed by atoms with Crippen LogP contribution in [0, 0.1) is 0 Å². The molecule has 2 aromatic rings. The van der Waals surface area contributed by atoms with Crippen LogP contribution in [-0.4, -0.2) is 30.2 Å². The minimum Gasteiger partial charge on any atom is -0.308 e. The first-order valence-corrected chi connectivity index (χ1v) is 8.46. The fourth-order valence-electron chi connectivity index (χ4n) is 2.44. The van der Waals surface area contributed by atoms with E-state index in [-0.39, 0.29) is 17.3 Å². The van der Waals surface area contributed by atoms with E-state index >= 15 is 0 Å². The van der Waals surface area contributed by atoms with Gasteiger partial charge in [-0.3, -0.25) is 13.9 Å². The van der Waals surface area contributed by atoms with Crippen molar-refractivity contribution in [1.29, 1.82) is 0 Å². The summed E-state index contributed by atoms with van der Waals surface area (Å²) in [6.07, 6.45) is 0.745. The number of rotatable bonds is 3. The Bertz CT molecular complexity index is 787. The van der Waals surface area contributed by atoms with E-state index in [0.29, 0.717) is 22.4 Å². The molecule has 0 unspecified atom stereocenters. The van der Waals surface area contributed by atoms with Crippen molar-refractivity contribution in [2.45, 2.75) is 25.9 Å². The summed E-state index contributed by atoms with van der Waals surface area (Å²) < 4.78 is 5.32. The number of imidazole rings is 1. The molecule has 0 N–H and O–H groups in total. The number of fused-ring (bicyclic) bond motifs is 1. The lowest BCUT2D eigenvalue weighted by Crippen LogP contribution is -2.40. The zero-order valence-electron chi connectivity index (χ0n) is 11.3. The lowest BCUT2D eigenvalue weighted by Gasteiger charge is -2.27. The van der Waals surface area contributed by atoms with Gasteiger partial charge in [0.1, 0.15) is 0 Å². The van der Waals surface area contributed by atoms with Crippen LogP contribution in [0.15, 0.2) is 14.3 Å². The van der Waals surface area contributed by atoms with Gasteiger partial charge in [-0.25, -0.2) is 9.78 Å². The number of aryl methyl sites for hydroxylation is 1. The molecule has 8 heteroatoms. The minimum atomic E-state index is -0.301. The molecule has 0 spiro atoms. The molecule has 108 valence electrons. The molecule has 0 aliphatic carbocycles. The third-order valence-corrected chi connectivity index (χ3v) is 5.37. The number of hydrogen-bond donors (Lipinski definition) is 0. The van der Waals surface area contributed by atoms with E-state index in [1.54, 1.807) is 7.05 Å². The lowest BCUT2D eigenvalue weighted by atomic mass is 10.3. The van der Waals surface area contributed by atoms with Gasteiger partial charge in [0.05, 0.1) is 6.04 Å². The van der Waals surface area contributed by atoms with E-state index in [4.69, 9.17) is 0 Å². The van der Waals surface area contributed by atoms with Crippen molar-refractivity contribution in [3.63, 3.8) is 0 Å². The molecular formula is C12H15BrN4O2S. The Kier molecular flexibility index (Phi) is 3.53. The van der Waals surface area contributed by atoms with Crippen molar-refractivity contribution in [1.82, 2.24) is 18.7 Å². The Morgan fingerprint density at radius 3 is 2.65 bits per heavy atom. The molecule has 0 aromatic carbocycles. The average molecular weight is 359 g/mol. The van der Waals surface area contributed by atoms with E-state index in [2.05, 4.69) is 20.9 Å². The number of aromatic nitrogens is 4. The molecule has 0 radical (unpaired) electrons. The van der Waals surface area contributed by atoms with Crippen LogP contribution in [0.1, 0.15) is 19.4 Å². The molecule has 1 fully saturated rings. The van der Waals surface area contributed by atoms with Crippen LogP contribution in [0.3, 0.4) is 0 Å². The molecular weight excluding hydrogens is 344 g/mol. The summed E-state index contributed by atoms with van der Waals surface area (Å²) >= 11 is 5.26. The van der Waals surface area contributed by atoms with Gasteiger partial charge in [-0.05, 0) is 22.4 Å². The predicted molar refractivity (Wildman–Crippen MR) is 83.6 cm³/mol. The molecule has 0 amide bonds. The topological polar surface area (TPSA) is 61.8 Å². The van der Waals surface area contributed by atoms with Crippen molar-refractivity contribution >= 4 is 38.9 Å². The molecule has 1 saturated heterocycles. The van der Waals surface area contributed by atoms with Gasteiger partial charge in [0.15, 0.2) is 15.9 Å².